The molecule has 1 unspecified atom stereocenters. The summed E-state index contributed by atoms with van der Waals surface area (Å²) in [4.78, 5) is 29.2. The molecule has 0 aliphatic carbocycles. The predicted molar refractivity (Wildman–Crippen MR) is 108 cm³/mol. The maximum absolute atomic E-state index is 13.4. The molecule has 10 nitrogen and oxygen atoms in total. The minimum absolute atomic E-state index is 0.00307. The highest BCUT2D eigenvalue weighted by Crippen LogP contribution is 2.37. The number of alkyl halides is 2. The van der Waals surface area contributed by atoms with Crippen LogP contribution in [0.3, 0.4) is 0 Å². The van der Waals surface area contributed by atoms with Gasteiger partial charge in [-0.05, 0) is 12.1 Å². The number of primary amides is 1. The number of fused-ring (bicyclic) bond motifs is 3. The molecule has 2 aromatic rings. The molecule has 2 fully saturated rings. The minimum Gasteiger partial charge on any atom is -0.491 e. The molecule has 2 atom stereocenters. The minimum atomic E-state index is -2.76. The highest BCUT2D eigenvalue weighted by atomic mass is 19.3. The topological polar surface area (TPSA) is 121 Å². The van der Waals surface area contributed by atoms with Gasteiger partial charge in [-0.3, -0.25) is 4.79 Å². The maximum atomic E-state index is 13.4. The number of hydrogen-bond donors (Lipinski definition) is 2. The summed E-state index contributed by atoms with van der Waals surface area (Å²) >= 11 is 0. The van der Waals surface area contributed by atoms with Crippen LogP contribution in [-0.2, 0) is 20.8 Å². The van der Waals surface area contributed by atoms with Crippen molar-refractivity contribution >= 4 is 23.5 Å². The van der Waals surface area contributed by atoms with Crippen molar-refractivity contribution in [2.75, 3.05) is 36.6 Å². The van der Waals surface area contributed by atoms with E-state index in [9.17, 15) is 18.4 Å². The van der Waals surface area contributed by atoms with Gasteiger partial charge in [-0.1, -0.05) is 0 Å². The molecule has 0 saturated carbocycles. The second-order valence-corrected chi connectivity index (χ2v) is 7.85. The van der Waals surface area contributed by atoms with Crippen molar-refractivity contribution in [3.63, 3.8) is 0 Å². The summed E-state index contributed by atoms with van der Waals surface area (Å²) in [6.45, 7) is 1.24. The number of cyclic esters (lactones) is 1. The van der Waals surface area contributed by atoms with Crippen LogP contribution in [0.25, 0.3) is 11.4 Å². The van der Waals surface area contributed by atoms with Crippen LogP contribution >= 0.6 is 0 Å². The molecule has 170 valence electrons. The fraction of sp³-hybridized carbons (Fsp3) is 0.450. The number of carbonyl (C=O) groups excluding carboxylic acids is 2. The molecule has 2 amide bonds. The van der Waals surface area contributed by atoms with E-state index in [4.69, 9.17) is 19.9 Å². The van der Waals surface area contributed by atoms with Crippen LogP contribution in [0.2, 0.25) is 0 Å². The molecule has 12 heteroatoms. The number of nitrogens with zero attached hydrogens (tertiary/aromatic N) is 3. The molecule has 4 heterocycles. The van der Waals surface area contributed by atoms with Crippen molar-refractivity contribution in [2.24, 2.45) is 11.7 Å². The fourth-order valence-corrected chi connectivity index (χ4v) is 4.01. The van der Waals surface area contributed by atoms with E-state index in [-0.39, 0.29) is 18.3 Å². The van der Waals surface area contributed by atoms with Crippen molar-refractivity contribution < 1.29 is 32.6 Å². The van der Waals surface area contributed by atoms with E-state index in [2.05, 4.69) is 10.3 Å². The second kappa shape index (κ2) is 7.93. The molecule has 5 rings (SSSR count). The van der Waals surface area contributed by atoms with E-state index < -0.39 is 30.5 Å². The van der Waals surface area contributed by atoms with Gasteiger partial charge in [0.25, 0.3) is 6.43 Å². The number of carbonyl (C=O) groups is 2. The van der Waals surface area contributed by atoms with E-state index in [0.717, 1.165) is 4.90 Å². The lowest BCUT2D eigenvalue weighted by molar-refractivity contribution is -0.124. The summed E-state index contributed by atoms with van der Waals surface area (Å²) < 4.78 is 44.3. The van der Waals surface area contributed by atoms with Gasteiger partial charge >= 0.3 is 6.09 Å². The van der Waals surface area contributed by atoms with Gasteiger partial charge in [0.15, 0.2) is 5.82 Å². The number of halogens is 2. The van der Waals surface area contributed by atoms with Crippen molar-refractivity contribution in [3.05, 3.63) is 24.4 Å². The first-order chi connectivity index (χ1) is 15.4. The Morgan fingerprint density at radius 1 is 1.25 bits per heavy atom. The van der Waals surface area contributed by atoms with E-state index in [1.807, 2.05) is 0 Å². The third kappa shape index (κ3) is 3.49. The quantitative estimate of drug-likeness (QED) is 0.685. The summed E-state index contributed by atoms with van der Waals surface area (Å²) in [7, 11) is 0. The normalized spacial score (nSPS) is 21.2. The lowest BCUT2D eigenvalue weighted by atomic mass is 9.97. The molecule has 1 aromatic heterocycles. The number of rotatable bonds is 6. The molecule has 1 aromatic carbocycles. The van der Waals surface area contributed by atoms with Gasteiger partial charge in [-0.15, -0.1) is 0 Å². The lowest BCUT2D eigenvalue weighted by Gasteiger charge is -2.32. The molecular weight excluding hydrogens is 428 g/mol. The number of anilines is 2. The number of amides is 2. The van der Waals surface area contributed by atoms with Gasteiger partial charge in [0.1, 0.15) is 36.9 Å². The Kier molecular flexibility index (Phi) is 5.08. The first kappa shape index (κ1) is 20.5. The number of ether oxygens (including phenoxy) is 3. The molecular formula is C20H21F2N5O5. The van der Waals surface area contributed by atoms with Crippen molar-refractivity contribution in [1.82, 2.24) is 9.55 Å². The fourth-order valence-electron chi connectivity index (χ4n) is 4.01. The monoisotopic (exact) mass is 449 g/mol. The molecule has 0 radical (unpaired) electrons. The molecule has 2 saturated heterocycles. The Morgan fingerprint density at radius 2 is 2.06 bits per heavy atom. The predicted octanol–water partition coefficient (Wildman–Crippen LogP) is 1.44. The van der Waals surface area contributed by atoms with Gasteiger partial charge in [0.05, 0.1) is 25.3 Å². The average molecular weight is 449 g/mol. The zero-order valence-electron chi connectivity index (χ0n) is 16.9. The first-order valence-corrected chi connectivity index (χ1v) is 10.1. The molecule has 3 aliphatic heterocycles. The SMILES string of the molecule is NC(=O)C(Nc1ccc2c(c1)OCCn1cc(N3C(=O)OC[C@H]3C(F)F)nc1-2)C1COC1. The Balaban J connectivity index is 1.45. The number of imidazole rings is 1. The smallest absolute Gasteiger partial charge is 0.416 e. The van der Waals surface area contributed by atoms with Crippen LogP contribution in [0.15, 0.2) is 24.4 Å². The molecule has 3 aliphatic rings. The summed E-state index contributed by atoms with van der Waals surface area (Å²) in [5.74, 6) is 0.609. The maximum Gasteiger partial charge on any atom is 0.416 e. The molecule has 32 heavy (non-hydrogen) atoms. The lowest BCUT2D eigenvalue weighted by Crippen LogP contribution is -2.49. The zero-order valence-corrected chi connectivity index (χ0v) is 16.9. The number of benzene rings is 1. The van der Waals surface area contributed by atoms with Crippen molar-refractivity contribution in [1.29, 1.82) is 0 Å². The third-order valence-corrected chi connectivity index (χ3v) is 5.78. The third-order valence-electron chi connectivity index (χ3n) is 5.78. The van der Waals surface area contributed by atoms with Crippen LogP contribution in [-0.4, -0.2) is 66.5 Å². The Bertz CT molecular complexity index is 1060. The van der Waals surface area contributed by atoms with Crippen molar-refractivity contribution in [2.45, 2.75) is 25.1 Å². The highest BCUT2D eigenvalue weighted by molar-refractivity contribution is 5.90. The molecule has 3 N–H and O–H groups in total. The first-order valence-electron chi connectivity index (χ1n) is 10.1. The van der Waals surface area contributed by atoms with Crippen LogP contribution in [0.5, 0.6) is 5.75 Å². The van der Waals surface area contributed by atoms with E-state index >= 15 is 0 Å². The van der Waals surface area contributed by atoms with Gasteiger partial charge in [-0.2, -0.15) is 0 Å². The van der Waals surface area contributed by atoms with E-state index in [1.54, 1.807) is 29.0 Å². The number of hydrogen-bond acceptors (Lipinski definition) is 7. The summed E-state index contributed by atoms with van der Waals surface area (Å²) in [5, 5.41) is 3.13. The van der Waals surface area contributed by atoms with E-state index in [1.165, 1.54) is 0 Å². The highest BCUT2D eigenvalue weighted by Gasteiger charge is 2.42. The average Bonchev–Trinajstić information content (AvgIpc) is 3.25. The van der Waals surface area contributed by atoms with Crippen molar-refractivity contribution in [3.8, 4) is 17.1 Å². The van der Waals surface area contributed by atoms with Gasteiger partial charge < -0.3 is 29.8 Å². The van der Waals surface area contributed by atoms with Crippen LogP contribution < -0.4 is 20.7 Å². The standard InChI is InChI=1S/C20H21F2N5O5/c21-17(22)13-9-32-20(29)27(13)15-6-26-3-4-31-14-5-11(1-2-12(14)19(26)25-15)24-16(18(23)28)10-7-30-8-10/h1-2,5-6,10,13,16-17,24H,3-4,7-9H2,(H2,23,28)/t13-,16?/m0/s1. The van der Waals surface area contributed by atoms with Gasteiger partial charge in [0.2, 0.25) is 5.91 Å². The largest absolute Gasteiger partial charge is 0.491 e. The second-order valence-electron chi connectivity index (χ2n) is 7.85. The van der Waals surface area contributed by atoms with Crippen LogP contribution in [0, 0.1) is 5.92 Å². The molecule has 0 bridgehead atoms. The number of nitrogens with one attached hydrogen (secondary N) is 1. The van der Waals surface area contributed by atoms with Crippen LogP contribution in [0.4, 0.5) is 25.1 Å². The molecule has 0 spiro atoms. The number of aromatic nitrogens is 2. The summed E-state index contributed by atoms with van der Waals surface area (Å²) in [6.07, 6.45) is -2.06. The van der Waals surface area contributed by atoms with Crippen LogP contribution in [0.1, 0.15) is 0 Å². The Hall–Kier alpha value is -3.41. The number of nitrogens with two attached hydrogens (primary N) is 1. The van der Waals surface area contributed by atoms with E-state index in [0.29, 0.717) is 49.2 Å². The zero-order chi connectivity index (χ0) is 22.4. The van der Waals surface area contributed by atoms with Gasteiger partial charge in [0, 0.05) is 23.9 Å². The Morgan fingerprint density at radius 3 is 2.75 bits per heavy atom. The Labute approximate surface area is 181 Å². The van der Waals surface area contributed by atoms with Gasteiger partial charge in [-0.25, -0.2) is 23.5 Å². The summed E-state index contributed by atoms with van der Waals surface area (Å²) in [6, 6.07) is 3.29. The summed E-state index contributed by atoms with van der Waals surface area (Å²) in [5.41, 5.74) is 6.80.